The normalized spacial score (nSPS) is 21.3. The van der Waals surface area contributed by atoms with Gasteiger partial charge in [0.25, 0.3) is 0 Å². The Bertz CT molecular complexity index is 910. The van der Waals surface area contributed by atoms with E-state index in [1.54, 1.807) is 24.3 Å². The van der Waals surface area contributed by atoms with Crippen LogP contribution in [0.3, 0.4) is 0 Å². The van der Waals surface area contributed by atoms with E-state index in [0.29, 0.717) is 43.0 Å². The molecule has 1 aliphatic heterocycles. The first-order valence-corrected chi connectivity index (χ1v) is 10.0. The molecule has 0 N–H and O–H groups in total. The van der Waals surface area contributed by atoms with E-state index in [1.165, 1.54) is 21.3 Å². The van der Waals surface area contributed by atoms with Crippen LogP contribution in [0.2, 0.25) is 0 Å². The van der Waals surface area contributed by atoms with Crippen LogP contribution >= 0.6 is 0 Å². The zero-order chi connectivity index (χ0) is 22.5. The lowest BCUT2D eigenvalue weighted by Gasteiger charge is -2.40. The van der Waals surface area contributed by atoms with Crippen LogP contribution in [0.1, 0.15) is 28.8 Å². The number of esters is 3. The van der Waals surface area contributed by atoms with Crippen LogP contribution < -0.4 is 0 Å². The molecule has 0 radical (unpaired) electrons. The quantitative estimate of drug-likeness (QED) is 0.519. The van der Waals surface area contributed by atoms with Gasteiger partial charge in [0.05, 0.1) is 40.1 Å². The maximum atomic E-state index is 13.0. The minimum Gasteiger partial charge on any atom is -0.468 e. The van der Waals surface area contributed by atoms with Gasteiger partial charge in [-0.2, -0.15) is 0 Å². The Morgan fingerprint density at radius 1 is 0.935 bits per heavy atom. The number of hydrogen-bond donors (Lipinski definition) is 0. The standard InChI is InChI=1S/C23H27NO7/c1-14-13-17(24-9-11-31-12-10-24)20(23(27)30-4)19(18(14)22(26)29-3)15-5-7-16(8-6-15)21(25)28-2/h5-8,13,19-20H,9-12H2,1-4H3/t19-,20-/m0/s1. The summed E-state index contributed by atoms with van der Waals surface area (Å²) in [6, 6.07) is 6.69. The van der Waals surface area contributed by atoms with Crippen molar-refractivity contribution in [2.24, 2.45) is 5.92 Å². The Morgan fingerprint density at radius 2 is 1.55 bits per heavy atom. The average molecular weight is 429 g/mol. The van der Waals surface area contributed by atoms with E-state index >= 15 is 0 Å². The van der Waals surface area contributed by atoms with Gasteiger partial charge in [-0.3, -0.25) is 4.79 Å². The summed E-state index contributed by atoms with van der Waals surface area (Å²) in [7, 11) is 3.96. The van der Waals surface area contributed by atoms with Gasteiger partial charge in [0.1, 0.15) is 5.92 Å². The highest BCUT2D eigenvalue weighted by Crippen LogP contribution is 2.44. The van der Waals surface area contributed by atoms with E-state index in [0.717, 1.165) is 11.3 Å². The van der Waals surface area contributed by atoms with Crippen LogP contribution in [0.15, 0.2) is 47.2 Å². The van der Waals surface area contributed by atoms with E-state index in [1.807, 2.05) is 13.0 Å². The van der Waals surface area contributed by atoms with E-state index in [-0.39, 0.29) is 0 Å². The first kappa shape index (κ1) is 22.6. The molecule has 0 unspecified atom stereocenters. The van der Waals surface area contributed by atoms with Gasteiger partial charge < -0.3 is 23.8 Å². The Hall–Kier alpha value is -3.13. The van der Waals surface area contributed by atoms with Crippen molar-refractivity contribution in [2.45, 2.75) is 12.8 Å². The van der Waals surface area contributed by atoms with Crippen molar-refractivity contribution < 1.29 is 33.3 Å². The van der Waals surface area contributed by atoms with E-state index in [4.69, 9.17) is 18.9 Å². The lowest BCUT2D eigenvalue weighted by molar-refractivity contribution is -0.145. The molecular formula is C23H27NO7. The molecule has 2 atom stereocenters. The zero-order valence-electron chi connectivity index (χ0n) is 18.2. The van der Waals surface area contributed by atoms with Crippen molar-refractivity contribution in [1.82, 2.24) is 4.90 Å². The van der Waals surface area contributed by atoms with E-state index in [9.17, 15) is 14.4 Å². The summed E-state index contributed by atoms with van der Waals surface area (Å²) in [5.74, 6) is -2.80. The average Bonchev–Trinajstić information content (AvgIpc) is 2.82. The lowest BCUT2D eigenvalue weighted by atomic mass is 9.73. The van der Waals surface area contributed by atoms with Crippen LogP contribution in [0.5, 0.6) is 0 Å². The maximum Gasteiger partial charge on any atom is 0.337 e. The highest BCUT2D eigenvalue weighted by Gasteiger charge is 2.44. The molecule has 1 aromatic rings. The van der Waals surface area contributed by atoms with Gasteiger partial charge in [0, 0.05) is 30.3 Å². The molecule has 1 aromatic carbocycles. The number of rotatable bonds is 5. The van der Waals surface area contributed by atoms with Crippen LogP contribution in [-0.2, 0) is 28.5 Å². The number of nitrogens with zero attached hydrogens (tertiary/aromatic N) is 1. The number of hydrogen-bond acceptors (Lipinski definition) is 8. The minimum atomic E-state index is -0.745. The summed E-state index contributed by atoms with van der Waals surface area (Å²) in [6.07, 6.45) is 1.86. The topological polar surface area (TPSA) is 91.4 Å². The number of ether oxygens (including phenoxy) is 4. The molecule has 0 saturated carbocycles. The number of carbonyl (C=O) groups is 3. The molecular weight excluding hydrogens is 402 g/mol. The van der Waals surface area contributed by atoms with Crippen molar-refractivity contribution in [2.75, 3.05) is 47.6 Å². The molecule has 0 aromatic heterocycles. The van der Waals surface area contributed by atoms with Crippen molar-refractivity contribution in [3.8, 4) is 0 Å². The number of allylic oxidation sites excluding steroid dienone is 2. The van der Waals surface area contributed by atoms with Gasteiger partial charge in [0.2, 0.25) is 0 Å². The van der Waals surface area contributed by atoms with Crippen LogP contribution in [0, 0.1) is 5.92 Å². The number of morpholine rings is 1. The van der Waals surface area contributed by atoms with Crippen molar-refractivity contribution >= 4 is 17.9 Å². The SMILES string of the molecule is COC(=O)C1=C(C)C=C(N2CCOCC2)[C@H](C(=O)OC)[C@H]1c1ccc(C(=O)OC)cc1. The van der Waals surface area contributed by atoms with Crippen molar-refractivity contribution in [1.29, 1.82) is 0 Å². The monoisotopic (exact) mass is 429 g/mol. The summed E-state index contributed by atoms with van der Waals surface area (Å²) in [5.41, 5.74) is 2.96. The molecule has 31 heavy (non-hydrogen) atoms. The van der Waals surface area contributed by atoms with Gasteiger partial charge in [-0.15, -0.1) is 0 Å². The first-order chi connectivity index (χ1) is 14.9. The van der Waals surface area contributed by atoms with Crippen molar-refractivity contribution in [3.63, 3.8) is 0 Å². The Balaban J connectivity index is 2.15. The fraction of sp³-hybridized carbons (Fsp3) is 0.435. The smallest absolute Gasteiger partial charge is 0.337 e. The first-order valence-electron chi connectivity index (χ1n) is 10.0. The third-order valence-corrected chi connectivity index (χ3v) is 5.68. The summed E-state index contributed by atoms with van der Waals surface area (Å²) in [4.78, 5) is 39.7. The molecule has 1 aliphatic carbocycles. The Kier molecular flexibility index (Phi) is 7.12. The van der Waals surface area contributed by atoms with E-state index in [2.05, 4.69) is 4.90 Å². The third kappa shape index (κ3) is 4.49. The molecule has 0 amide bonds. The third-order valence-electron chi connectivity index (χ3n) is 5.68. The summed E-state index contributed by atoms with van der Waals surface area (Å²) in [5, 5.41) is 0. The molecule has 3 rings (SSSR count). The molecule has 0 bridgehead atoms. The second-order valence-corrected chi connectivity index (χ2v) is 7.35. The highest BCUT2D eigenvalue weighted by molar-refractivity contribution is 5.95. The van der Waals surface area contributed by atoms with Crippen LogP contribution in [-0.4, -0.2) is 70.4 Å². The van der Waals surface area contributed by atoms with Gasteiger partial charge in [0.15, 0.2) is 0 Å². The maximum absolute atomic E-state index is 13.0. The second-order valence-electron chi connectivity index (χ2n) is 7.35. The second kappa shape index (κ2) is 9.78. The molecule has 8 heteroatoms. The Morgan fingerprint density at radius 3 is 2.10 bits per heavy atom. The lowest BCUT2D eigenvalue weighted by Crippen LogP contribution is -2.43. The number of benzene rings is 1. The number of methoxy groups -OCH3 is 3. The van der Waals surface area contributed by atoms with Crippen LogP contribution in [0.4, 0.5) is 0 Å². The predicted molar refractivity (Wildman–Crippen MR) is 111 cm³/mol. The fourth-order valence-electron chi connectivity index (χ4n) is 4.17. The van der Waals surface area contributed by atoms with Gasteiger partial charge >= 0.3 is 17.9 Å². The van der Waals surface area contributed by atoms with E-state index < -0.39 is 29.7 Å². The molecule has 8 nitrogen and oxygen atoms in total. The fourth-order valence-corrected chi connectivity index (χ4v) is 4.17. The van der Waals surface area contributed by atoms with Gasteiger partial charge in [-0.1, -0.05) is 12.1 Å². The van der Waals surface area contributed by atoms with Crippen LogP contribution in [0.25, 0.3) is 0 Å². The minimum absolute atomic E-state index is 0.376. The largest absolute Gasteiger partial charge is 0.468 e. The number of carbonyl (C=O) groups excluding carboxylic acids is 3. The molecule has 0 spiro atoms. The molecule has 1 saturated heterocycles. The predicted octanol–water partition coefficient (Wildman–Crippen LogP) is 2.07. The van der Waals surface area contributed by atoms with Gasteiger partial charge in [-0.25, -0.2) is 9.59 Å². The Labute approximate surface area is 181 Å². The summed E-state index contributed by atoms with van der Waals surface area (Å²) in [6.45, 7) is 4.20. The van der Waals surface area contributed by atoms with Crippen molar-refractivity contribution in [3.05, 3.63) is 58.3 Å². The summed E-state index contributed by atoms with van der Waals surface area (Å²) >= 11 is 0. The molecule has 2 aliphatic rings. The summed E-state index contributed by atoms with van der Waals surface area (Å²) < 4.78 is 20.4. The molecule has 1 heterocycles. The zero-order valence-corrected chi connectivity index (χ0v) is 18.2. The highest BCUT2D eigenvalue weighted by atomic mass is 16.5. The van der Waals surface area contributed by atoms with Gasteiger partial charge in [-0.05, 0) is 36.3 Å². The molecule has 166 valence electrons. The molecule has 1 fully saturated rings.